The lowest BCUT2D eigenvalue weighted by atomic mass is 10.1. The first-order chi connectivity index (χ1) is 13.2. The topological polar surface area (TPSA) is 77.8 Å². The van der Waals surface area contributed by atoms with Crippen molar-refractivity contribution in [1.82, 2.24) is 5.48 Å². The quantitative estimate of drug-likeness (QED) is 0.488. The molecule has 1 heterocycles. The molecule has 0 fully saturated rings. The Labute approximate surface area is 156 Å². The Hall–Kier alpha value is -3.12. The SMILES string of the molecule is CCCc1cc(=O)oc2cc(OCC(=O)NOCc3ccccc3)ccc12. The van der Waals surface area contributed by atoms with Crippen LogP contribution in [0.3, 0.4) is 0 Å². The van der Waals surface area contributed by atoms with E-state index in [1.807, 2.05) is 36.4 Å². The van der Waals surface area contributed by atoms with Gasteiger partial charge in [-0.3, -0.25) is 9.63 Å². The van der Waals surface area contributed by atoms with Crippen molar-refractivity contribution in [2.75, 3.05) is 6.61 Å². The van der Waals surface area contributed by atoms with Crippen LogP contribution >= 0.6 is 0 Å². The van der Waals surface area contributed by atoms with Crippen LogP contribution in [0.15, 0.2) is 63.8 Å². The van der Waals surface area contributed by atoms with Gasteiger partial charge in [-0.2, -0.15) is 0 Å². The number of hydroxylamine groups is 1. The van der Waals surface area contributed by atoms with Crippen LogP contribution in [0.5, 0.6) is 5.75 Å². The van der Waals surface area contributed by atoms with Crippen molar-refractivity contribution < 1.29 is 18.8 Å². The van der Waals surface area contributed by atoms with Crippen LogP contribution in [0.1, 0.15) is 24.5 Å². The molecule has 27 heavy (non-hydrogen) atoms. The average Bonchev–Trinajstić information content (AvgIpc) is 2.67. The number of ether oxygens (including phenoxy) is 1. The van der Waals surface area contributed by atoms with Gasteiger partial charge in [0.25, 0.3) is 5.91 Å². The first kappa shape index (κ1) is 18.7. The smallest absolute Gasteiger partial charge is 0.336 e. The van der Waals surface area contributed by atoms with Gasteiger partial charge in [0.05, 0.1) is 6.61 Å². The summed E-state index contributed by atoms with van der Waals surface area (Å²) in [7, 11) is 0. The zero-order chi connectivity index (χ0) is 19.1. The van der Waals surface area contributed by atoms with E-state index in [9.17, 15) is 9.59 Å². The number of aryl methyl sites for hydroxylation is 1. The molecule has 0 unspecified atom stereocenters. The van der Waals surface area contributed by atoms with E-state index in [2.05, 4.69) is 12.4 Å². The molecule has 1 N–H and O–H groups in total. The highest BCUT2D eigenvalue weighted by molar-refractivity contribution is 5.82. The molecular formula is C21H21NO5. The monoisotopic (exact) mass is 367 g/mol. The van der Waals surface area contributed by atoms with Crippen molar-refractivity contribution in [1.29, 1.82) is 0 Å². The van der Waals surface area contributed by atoms with Gasteiger partial charge < -0.3 is 9.15 Å². The number of amides is 1. The molecule has 0 spiro atoms. The molecule has 0 atom stereocenters. The summed E-state index contributed by atoms with van der Waals surface area (Å²) in [6.07, 6.45) is 1.73. The number of carbonyl (C=O) groups is 1. The van der Waals surface area contributed by atoms with Crippen molar-refractivity contribution >= 4 is 16.9 Å². The molecule has 6 heteroatoms. The predicted molar refractivity (Wildman–Crippen MR) is 101 cm³/mol. The van der Waals surface area contributed by atoms with Gasteiger partial charge >= 0.3 is 5.63 Å². The van der Waals surface area contributed by atoms with Gasteiger partial charge in [-0.05, 0) is 29.7 Å². The number of rotatable bonds is 8. The Morgan fingerprint density at radius 3 is 2.70 bits per heavy atom. The molecule has 3 aromatic rings. The maximum Gasteiger partial charge on any atom is 0.336 e. The number of fused-ring (bicyclic) bond motifs is 1. The van der Waals surface area contributed by atoms with Gasteiger partial charge in [-0.15, -0.1) is 0 Å². The fourth-order valence-electron chi connectivity index (χ4n) is 2.73. The highest BCUT2D eigenvalue weighted by Crippen LogP contribution is 2.23. The van der Waals surface area contributed by atoms with E-state index in [4.69, 9.17) is 14.0 Å². The fourth-order valence-corrected chi connectivity index (χ4v) is 2.73. The standard InChI is InChI=1S/C21H21NO5/c1-2-6-16-11-21(24)27-19-12-17(9-10-18(16)19)25-14-20(23)22-26-13-15-7-4-3-5-8-15/h3-5,7-12H,2,6,13-14H2,1H3,(H,22,23). The Bertz CT molecular complexity index is 965. The Morgan fingerprint density at radius 1 is 1.11 bits per heavy atom. The van der Waals surface area contributed by atoms with Crippen LogP contribution in [-0.4, -0.2) is 12.5 Å². The Balaban J connectivity index is 1.56. The van der Waals surface area contributed by atoms with Crippen LogP contribution < -0.4 is 15.8 Å². The minimum absolute atomic E-state index is 0.209. The summed E-state index contributed by atoms with van der Waals surface area (Å²) in [5.74, 6) is 0.0322. The first-order valence-corrected chi connectivity index (χ1v) is 8.80. The van der Waals surface area contributed by atoms with Gasteiger partial charge in [0.15, 0.2) is 6.61 Å². The fraction of sp³-hybridized carbons (Fsp3) is 0.238. The second-order valence-electron chi connectivity index (χ2n) is 6.09. The Morgan fingerprint density at radius 2 is 1.93 bits per heavy atom. The van der Waals surface area contributed by atoms with Gasteiger partial charge in [-0.25, -0.2) is 10.3 Å². The highest BCUT2D eigenvalue weighted by atomic mass is 16.7. The molecule has 0 radical (unpaired) electrons. The summed E-state index contributed by atoms with van der Waals surface area (Å²) in [5.41, 5.74) is 4.29. The van der Waals surface area contributed by atoms with E-state index in [-0.39, 0.29) is 13.2 Å². The lowest BCUT2D eigenvalue weighted by molar-refractivity contribution is -0.136. The lowest BCUT2D eigenvalue weighted by Gasteiger charge is -2.09. The van der Waals surface area contributed by atoms with Crippen LogP contribution in [0.2, 0.25) is 0 Å². The molecule has 6 nitrogen and oxygen atoms in total. The third-order valence-electron chi connectivity index (χ3n) is 3.96. The summed E-state index contributed by atoms with van der Waals surface area (Å²) in [5, 5.41) is 0.874. The molecular weight excluding hydrogens is 346 g/mol. The number of benzene rings is 2. The molecule has 2 aromatic carbocycles. The van der Waals surface area contributed by atoms with Crippen molar-refractivity contribution in [3.8, 4) is 5.75 Å². The van der Waals surface area contributed by atoms with Gasteiger partial charge in [0, 0.05) is 17.5 Å². The van der Waals surface area contributed by atoms with Crippen molar-refractivity contribution in [3.05, 3.63) is 76.1 Å². The largest absolute Gasteiger partial charge is 0.484 e. The number of hydrogen-bond acceptors (Lipinski definition) is 5. The zero-order valence-corrected chi connectivity index (χ0v) is 15.1. The van der Waals surface area contributed by atoms with Crippen LogP contribution in [0.4, 0.5) is 0 Å². The van der Waals surface area contributed by atoms with Crippen LogP contribution in [0.25, 0.3) is 11.0 Å². The van der Waals surface area contributed by atoms with E-state index in [0.717, 1.165) is 29.4 Å². The number of carbonyl (C=O) groups excluding carboxylic acids is 1. The molecule has 140 valence electrons. The predicted octanol–water partition coefficient (Wildman–Crippen LogP) is 3.37. The number of nitrogens with one attached hydrogen (secondary N) is 1. The molecule has 0 saturated heterocycles. The van der Waals surface area contributed by atoms with E-state index >= 15 is 0 Å². The molecule has 0 aliphatic rings. The van der Waals surface area contributed by atoms with Crippen LogP contribution in [-0.2, 0) is 22.7 Å². The summed E-state index contributed by atoms with van der Waals surface area (Å²) in [6, 6.07) is 16.2. The summed E-state index contributed by atoms with van der Waals surface area (Å²) in [4.78, 5) is 28.7. The molecule has 1 aromatic heterocycles. The molecule has 1 amide bonds. The van der Waals surface area contributed by atoms with E-state index in [1.54, 1.807) is 12.1 Å². The molecule has 0 saturated carbocycles. The summed E-state index contributed by atoms with van der Waals surface area (Å²) < 4.78 is 10.7. The number of hydrogen-bond donors (Lipinski definition) is 1. The van der Waals surface area contributed by atoms with Crippen molar-refractivity contribution in [3.63, 3.8) is 0 Å². The van der Waals surface area contributed by atoms with Gasteiger partial charge in [0.2, 0.25) is 0 Å². The van der Waals surface area contributed by atoms with Gasteiger partial charge in [-0.1, -0.05) is 43.7 Å². The molecule has 0 aliphatic carbocycles. The second-order valence-corrected chi connectivity index (χ2v) is 6.09. The van der Waals surface area contributed by atoms with Crippen LogP contribution in [0, 0.1) is 0 Å². The van der Waals surface area contributed by atoms with Crippen molar-refractivity contribution in [2.45, 2.75) is 26.4 Å². The highest BCUT2D eigenvalue weighted by Gasteiger charge is 2.08. The maximum absolute atomic E-state index is 11.8. The first-order valence-electron chi connectivity index (χ1n) is 8.80. The average molecular weight is 367 g/mol. The normalized spacial score (nSPS) is 10.7. The van der Waals surface area contributed by atoms with E-state index in [0.29, 0.717) is 11.3 Å². The lowest BCUT2D eigenvalue weighted by Crippen LogP contribution is -2.28. The summed E-state index contributed by atoms with van der Waals surface area (Å²) in [6.45, 7) is 2.11. The van der Waals surface area contributed by atoms with E-state index < -0.39 is 11.5 Å². The minimum atomic E-state index is -0.410. The maximum atomic E-state index is 11.8. The van der Waals surface area contributed by atoms with Gasteiger partial charge in [0.1, 0.15) is 11.3 Å². The van der Waals surface area contributed by atoms with E-state index in [1.165, 1.54) is 6.07 Å². The summed E-state index contributed by atoms with van der Waals surface area (Å²) >= 11 is 0. The molecule has 0 bridgehead atoms. The molecule has 0 aliphatic heterocycles. The van der Waals surface area contributed by atoms with Crippen molar-refractivity contribution in [2.24, 2.45) is 0 Å². The molecule has 3 rings (SSSR count). The zero-order valence-electron chi connectivity index (χ0n) is 15.1. The Kier molecular flexibility index (Phi) is 6.22. The second kappa shape index (κ2) is 9.00. The third kappa shape index (κ3) is 5.18. The third-order valence-corrected chi connectivity index (χ3v) is 3.96. The minimum Gasteiger partial charge on any atom is -0.484 e.